The highest BCUT2D eigenvalue weighted by atomic mass is 16.2. The van der Waals surface area contributed by atoms with Gasteiger partial charge in [-0.1, -0.05) is 6.07 Å². The maximum Gasteiger partial charge on any atom is 0.328 e. The second-order valence-corrected chi connectivity index (χ2v) is 3.36. The molecule has 0 saturated heterocycles. The fourth-order valence-electron chi connectivity index (χ4n) is 1.37. The lowest BCUT2D eigenvalue weighted by atomic mass is 10.3. The lowest BCUT2D eigenvalue weighted by Crippen LogP contribution is -2.31. The largest absolute Gasteiger partial charge is 0.328 e. The molecule has 6 heteroatoms. The number of aromatic nitrogens is 3. The first-order valence-corrected chi connectivity index (χ1v) is 4.84. The second-order valence-electron chi connectivity index (χ2n) is 3.36. The summed E-state index contributed by atoms with van der Waals surface area (Å²) in [6, 6.07) is 7.04. The summed E-state index contributed by atoms with van der Waals surface area (Å²) in [7, 11) is 0. The molecule has 0 fully saturated rings. The van der Waals surface area contributed by atoms with E-state index in [0.29, 0.717) is 5.69 Å². The topological polar surface area (TPSA) is 91.5 Å². The average molecular weight is 228 g/mol. The number of nitriles is 1. The van der Waals surface area contributed by atoms with Crippen molar-refractivity contribution in [2.45, 2.75) is 6.54 Å². The van der Waals surface area contributed by atoms with Gasteiger partial charge in [-0.15, -0.1) is 0 Å². The van der Waals surface area contributed by atoms with E-state index in [0.717, 1.165) is 0 Å². The molecule has 0 spiro atoms. The molecule has 6 nitrogen and oxygen atoms in total. The fourth-order valence-corrected chi connectivity index (χ4v) is 1.37. The summed E-state index contributed by atoms with van der Waals surface area (Å²) < 4.78 is 1.24. The average Bonchev–Trinajstić information content (AvgIpc) is 2.34. The van der Waals surface area contributed by atoms with Crippen LogP contribution in [0.25, 0.3) is 0 Å². The molecule has 2 aromatic rings. The fraction of sp³-hybridized carbons (Fsp3) is 0.0909. The van der Waals surface area contributed by atoms with E-state index in [9.17, 15) is 9.59 Å². The molecule has 0 unspecified atom stereocenters. The van der Waals surface area contributed by atoms with Crippen LogP contribution in [-0.4, -0.2) is 14.5 Å². The number of pyridine rings is 1. The quantitative estimate of drug-likeness (QED) is 0.773. The van der Waals surface area contributed by atoms with Gasteiger partial charge in [0.05, 0.1) is 12.2 Å². The summed E-state index contributed by atoms with van der Waals surface area (Å²) in [6.45, 7) is 0.213. The van der Waals surface area contributed by atoms with E-state index in [1.165, 1.54) is 10.8 Å². The molecule has 17 heavy (non-hydrogen) atoms. The highest BCUT2D eigenvalue weighted by Gasteiger charge is 2.04. The van der Waals surface area contributed by atoms with E-state index >= 15 is 0 Å². The Kier molecular flexibility index (Phi) is 2.83. The number of nitrogens with one attached hydrogen (secondary N) is 1. The van der Waals surface area contributed by atoms with E-state index in [1.54, 1.807) is 30.5 Å². The van der Waals surface area contributed by atoms with Crippen molar-refractivity contribution in [3.8, 4) is 6.07 Å². The van der Waals surface area contributed by atoms with Gasteiger partial charge in [0, 0.05) is 12.4 Å². The molecule has 0 aliphatic carbocycles. The Morgan fingerprint density at radius 1 is 1.41 bits per heavy atom. The number of nitrogens with zero attached hydrogens (tertiary/aromatic N) is 3. The molecule has 0 aromatic carbocycles. The third-order valence-electron chi connectivity index (χ3n) is 2.19. The predicted octanol–water partition coefficient (Wildman–Crippen LogP) is -0.148. The lowest BCUT2D eigenvalue weighted by Gasteiger charge is -2.03. The summed E-state index contributed by atoms with van der Waals surface area (Å²) in [5, 5.41) is 8.70. The Hall–Kier alpha value is -2.68. The maximum atomic E-state index is 11.5. The Morgan fingerprint density at radius 2 is 2.24 bits per heavy atom. The van der Waals surface area contributed by atoms with Gasteiger partial charge in [0.25, 0.3) is 5.56 Å². The van der Waals surface area contributed by atoms with Crippen molar-refractivity contribution < 1.29 is 0 Å². The Morgan fingerprint density at radius 3 is 2.88 bits per heavy atom. The van der Waals surface area contributed by atoms with E-state index in [4.69, 9.17) is 5.26 Å². The Balaban J connectivity index is 2.44. The van der Waals surface area contributed by atoms with Crippen LogP contribution < -0.4 is 11.2 Å². The van der Waals surface area contributed by atoms with Crippen molar-refractivity contribution in [2.24, 2.45) is 0 Å². The number of rotatable bonds is 2. The molecule has 1 N–H and O–H groups in total. The van der Waals surface area contributed by atoms with Crippen LogP contribution in [0.4, 0.5) is 0 Å². The molecule has 0 aliphatic heterocycles. The van der Waals surface area contributed by atoms with Crippen molar-refractivity contribution in [3.05, 3.63) is 62.7 Å². The van der Waals surface area contributed by atoms with Crippen molar-refractivity contribution in [2.75, 3.05) is 0 Å². The van der Waals surface area contributed by atoms with Crippen molar-refractivity contribution in [1.29, 1.82) is 5.26 Å². The van der Waals surface area contributed by atoms with Crippen LogP contribution in [0.2, 0.25) is 0 Å². The van der Waals surface area contributed by atoms with Gasteiger partial charge in [-0.05, 0) is 12.1 Å². The van der Waals surface area contributed by atoms with Crippen LogP contribution in [-0.2, 0) is 6.54 Å². The minimum Gasteiger partial charge on any atom is -0.293 e. The number of hydrogen-bond acceptors (Lipinski definition) is 4. The lowest BCUT2D eigenvalue weighted by molar-refractivity contribution is 0.702. The minimum atomic E-state index is -0.672. The first-order chi connectivity index (χ1) is 8.20. The molecule has 2 rings (SSSR count). The normalized spacial score (nSPS) is 9.82. The van der Waals surface area contributed by atoms with Crippen LogP contribution in [0.15, 0.2) is 40.2 Å². The van der Waals surface area contributed by atoms with E-state index in [1.807, 2.05) is 0 Å². The molecule has 2 aromatic heterocycles. The van der Waals surface area contributed by atoms with Crippen LogP contribution in [0.1, 0.15) is 11.3 Å². The zero-order valence-corrected chi connectivity index (χ0v) is 8.75. The van der Waals surface area contributed by atoms with Crippen LogP contribution >= 0.6 is 0 Å². The third kappa shape index (κ3) is 2.29. The molecule has 0 radical (unpaired) electrons. The summed E-state index contributed by atoms with van der Waals surface area (Å²) in [5.74, 6) is 0. The van der Waals surface area contributed by atoms with Crippen LogP contribution in [0.3, 0.4) is 0 Å². The maximum absolute atomic E-state index is 11.5. The van der Waals surface area contributed by atoms with Gasteiger partial charge >= 0.3 is 5.69 Å². The number of H-pyrrole nitrogens is 1. The molecule has 84 valence electrons. The molecule has 0 amide bonds. The van der Waals surface area contributed by atoms with Gasteiger partial charge in [-0.2, -0.15) is 5.26 Å². The predicted molar refractivity (Wildman–Crippen MR) is 59.4 cm³/mol. The van der Waals surface area contributed by atoms with Gasteiger partial charge in [0.2, 0.25) is 0 Å². The number of hydrogen-bond donors (Lipinski definition) is 1. The van der Waals surface area contributed by atoms with Gasteiger partial charge in [0.1, 0.15) is 11.6 Å². The first-order valence-electron chi connectivity index (χ1n) is 4.84. The van der Waals surface area contributed by atoms with E-state index < -0.39 is 11.2 Å². The van der Waals surface area contributed by atoms with Crippen LogP contribution in [0, 0.1) is 11.3 Å². The first kappa shape index (κ1) is 10.8. The second kappa shape index (κ2) is 4.45. The summed E-state index contributed by atoms with van der Waals surface area (Å²) >= 11 is 0. The molecular weight excluding hydrogens is 220 g/mol. The SMILES string of the molecule is N#Cc1cn(Cc2ccccn2)c(=O)[nH]c1=O. The molecule has 0 aliphatic rings. The van der Waals surface area contributed by atoms with Gasteiger partial charge in [0.15, 0.2) is 0 Å². The van der Waals surface area contributed by atoms with Gasteiger partial charge < -0.3 is 0 Å². The molecule has 0 saturated carbocycles. The standard InChI is InChI=1S/C11H8N4O2/c12-5-8-6-15(11(17)14-10(8)16)7-9-3-1-2-4-13-9/h1-4,6H,7H2,(H,14,16,17). The van der Waals surface area contributed by atoms with Gasteiger partial charge in [-0.25, -0.2) is 4.79 Å². The smallest absolute Gasteiger partial charge is 0.293 e. The van der Waals surface area contributed by atoms with E-state index in [2.05, 4.69) is 9.97 Å². The Labute approximate surface area is 95.8 Å². The highest BCUT2D eigenvalue weighted by Crippen LogP contribution is 1.95. The van der Waals surface area contributed by atoms with Crippen LogP contribution in [0.5, 0.6) is 0 Å². The van der Waals surface area contributed by atoms with Crippen molar-refractivity contribution in [1.82, 2.24) is 14.5 Å². The monoisotopic (exact) mass is 228 g/mol. The van der Waals surface area contributed by atoms with E-state index in [-0.39, 0.29) is 12.1 Å². The summed E-state index contributed by atoms with van der Waals surface area (Å²) in [4.78, 5) is 28.8. The van der Waals surface area contributed by atoms with Crippen molar-refractivity contribution >= 4 is 0 Å². The number of aromatic amines is 1. The van der Waals surface area contributed by atoms with Gasteiger partial charge in [-0.3, -0.25) is 19.3 Å². The van der Waals surface area contributed by atoms with Crippen molar-refractivity contribution in [3.63, 3.8) is 0 Å². The highest BCUT2D eigenvalue weighted by molar-refractivity contribution is 5.22. The summed E-state index contributed by atoms with van der Waals surface area (Å²) in [6.07, 6.45) is 2.84. The summed E-state index contributed by atoms with van der Waals surface area (Å²) in [5.41, 5.74) is -0.652. The molecule has 0 bridgehead atoms. The molecule has 2 heterocycles. The third-order valence-corrected chi connectivity index (χ3v) is 2.19. The Bertz CT molecular complexity index is 679. The minimum absolute atomic E-state index is 0.0967. The molecular formula is C11H8N4O2. The molecule has 0 atom stereocenters. The zero-order chi connectivity index (χ0) is 12.3. The zero-order valence-electron chi connectivity index (χ0n) is 8.75.